The van der Waals surface area contributed by atoms with Crippen LogP contribution >= 0.6 is 11.3 Å². The molecule has 3 aromatic rings. The first kappa shape index (κ1) is 18.2. The molecule has 1 heterocycles. The van der Waals surface area contributed by atoms with Crippen LogP contribution in [-0.4, -0.2) is 12.9 Å². The van der Waals surface area contributed by atoms with Gasteiger partial charge in [0.1, 0.15) is 17.4 Å². The summed E-state index contributed by atoms with van der Waals surface area (Å²) in [5, 5.41) is 9.39. The molecule has 0 saturated carbocycles. The number of carbonyl (C=O) groups excluding carboxylic acids is 1. The third-order valence-electron chi connectivity index (χ3n) is 3.73. The molecule has 0 N–H and O–H groups in total. The Morgan fingerprint density at radius 1 is 1.00 bits per heavy atom. The maximum atomic E-state index is 12.5. The zero-order valence-corrected chi connectivity index (χ0v) is 15.4. The molecule has 1 aromatic heterocycles. The maximum absolute atomic E-state index is 12.5. The van der Waals surface area contributed by atoms with Crippen LogP contribution in [0.25, 0.3) is 6.08 Å². The molecule has 0 aliphatic carbocycles. The second-order valence-electron chi connectivity index (χ2n) is 5.55. The number of allylic oxidation sites excluding steroid dienone is 1. The lowest BCUT2D eigenvalue weighted by atomic mass is 10.0. The van der Waals surface area contributed by atoms with Crippen molar-refractivity contribution < 1.29 is 9.53 Å². The lowest BCUT2D eigenvalue weighted by Gasteiger charge is -2.01. The number of methoxy groups -OCH3 is 1. The van der Waals surface area contributed by atoms with Crippen molar-refractivity contribution in [1.29, 1.82) is 5.26 Å². The van der Waals surface area contributed by atoms with E-state index in [2.05, 4.69) is 11.8 Å². The minimum Gasteiger partial charge on any atom is -0.497 e. The van der Waals surface area contributed by atoms with Gasteiger partial charge in [-0.05, 0) is 54.6 Å². The van der Waals surface area contributed by atoms with E-state index in [1.165, 1.54) is 11.3 Å². The zero-order chi connectivity index (χ0) is 19.1. The van der Waals surface area contributed by atoms with Crippen LogP contribution in [0.2, 0.25) is 0 Å². The van der Waals surface area contributed by atoms with Crippen LogP contribution in [0, 0.1) is 23.2 Å². The first-order valence-electron chi connectivity index (χ1n) is 8.17. The molecule has 0 spiro atoms. The number of nitrogens with zero attached hydrogens (tertiary/aromatic N) is 1. The van der Waals surface area contributed by atoms with E-state index in [1.54, 1.807) is 37.5 Å². The molecule has 0 fully saturated rings. The van der Waals surface area contributed by atoms with Crippen molar-refractivity contribution in [2.75, 3.05) is 7.11 Å². The second-order valence-corrected chi connectivity index (χ2v) is 6.66. The van der Waals surface area contributed by atoms with Crippen molar-refractivity contribution in [2.45, 2.75) is 0 Å². The monoisotopic (exact) mass is 369 g/mol. The highest BCUT2D eigenvalue weighted by Crippen LogP contribution is 2.21. The fraction of sp³-hybridized carbons (Fsp3) is 0.0435. The highest BCUT2D eigenvalue weighted by atomic mass is 32.1. The molecule has 3 nitrogen and oxygen atoms in total. The largest absolute Gasteiger partial charge is 0.497 e. The molecule has 4 heteroatoms. The summed E-state index contributed by atoms with van der Waals surface area (Å²) in [7, 11) is 1.56. The maximum Gasteiger partial charge on any atom is 0.203 e. The van der Waals surface area contributed by atoms with E-state index in [4.69, 9.17) is 4.74 Å². The van der Waals surface area contributed by atoms with Crippen LogP contribution in [0.4, 0.5) is 0 Å². The predicted octanol–water partition coefficient (Wildman–Crippen LogP) is 4.95. The zero-order valence-electron chi connectivity index (χ0n) is 14.6. The highest BCUT2D eigenvalue weighted by molar-refractivity contribution is 7.13. The predicted molar refractivity (Wildman–Crippen MR) is 108 cm³/mol. The molecule has 0 amide bonds. The first-order chi connectivity index (χ1) is 13.2. The Hall–Kier alpha value is -3.60. The normalized spacial score (nSPS) is 10.4. The topological polar surface area (TPSA) is 50.1 Å². The summed E-state index contributed by atoms with van der Waals surface area (Å²) in [5.41, 5.74) is 1.48. The lowest BCUT2D eigenvalue weighted by Crippen LogP contribution is -2.01. The molecule has 0 aliphatic rings. The summed E-state index contributed by atoms with van der Waals surface area (Å²) in [6, 6.07) is 22.2. The van der Waals surface area contributed by atoms with Crippen LogP contribution in [0.5, 0.6) is 5.75 Å². The number of benzene rings is 2. The molecule has 0 unspecified atom stereocenters. The Labute approximate surface area is 162 Å². The van der Waals surface area contributed by atoms with Crippen LogP contribution in [0.1, 0.15) is 25.7 Å². The Bertz CT molecular complexity index is 1080. The van der Waals surface area contributed by atoms with Gasteiger partial charge in [-0.3, -0.25) is 4.79 Å². The van der Waals surface area contributed by atoms with Gasteiger partial charge in [0.2, 0.25) is 5.78 Å². The van der Waals surface area contributed by atoms with E-state index < -0.39 is 0 Å². The molecular weight excluding hydrogens is 354 g/mol. The Balaban J connectivity index is 1.80. The Kier molecular flexibility index (Phi) is 5.84. The van der Waals surface area contributed by atoms with Crippen LogP contribution in [-0.2, 0) is 0 Å². The van der Waals surface area contributed by atoms with Crippen molar-refractivity contribution in [3.63, 3.8) is 0 Å². The van der Waals surface area contributed by atoms with Crippen molar-refractivity contribution in [3.05, 3.63) is 93.2 Å². The summed E-state index contributed by atoms with van der Waals surface area (Å²) in [6.45, 7) is 0. The summed E-state index contributed by atoms with van der Waals surface area (Å²) in [4.78, 5) is 14.2. The van der Waals surface area contributed by atoms with Crippen molar-refractivity contribution >= 4 is 23.2 Å². The molecule has 130 valence electrons. The van der Waals surface area contributed by atoms with E-state index in [1.807, 2.05) is 48.5 Å². The van der Waals surface area contributed by atoms with Crippen LogP contribution < -0.4 is 4.74 Å². The number of nitriles is 1. The quantitative estimate of drug-likeness (QED) is 0.283. The summed E-state index contributed by atoms with van der Waals surface area (Å²) in [5.74, 6) is 6.55. The van der Waals surface area contributed by atoms with E-state index in [0.29, 0.717) is 11.3 Å². The fourth-order valence-corrected chi connectivity index (χ4v) is 3.15. The van der Waals surface area contributed by atoms with Gasteiger partial charge < -0.3 is 4.74 Å². The number of thiophene rings is 1. The number of rotatable bonds is 4. The van der Waals surface area contributed by atoms with E-state index in [0.717, 1.165) is 15.3 Å². The van der Waals surface area contributed by atoms with Gasteiger partial charge in [0.15, 0.2) is 0 Å². The average molecular weight is 369 g/mol. The highest BCUT2D eigenvalue weighted by Gasteiger charge is 2.12. The van der Waals surface area contributed by atoms with Crippen LogP contribution in [0.3, 0.4) is 0 Å². The standard InChI is InChI=1S/C23H15NO2S/c1-26-20-10-8-18(9-11-20)23(25)19(16-24)15-22-14-13-21(27-22)12-7-17-5-3-2-4-6-17/h2-6,8-11,13-15H,1H3. The number of hydrogen-bond acceptors (Lipinski definition) is 4. The van der Waals surface area contributed by atoms with Crippen LogP contribution in [0.15, 0.2) is 72.3 Å². The molecular formula is C23H15NO2S. The van der Waals surface area contributed by atoms with E-state index in [9.17, 15) is 10.1 Å². The first-order valence-corrected chi connectivity index (χ1v) is 8.98. The summed E-state index contributed by atoms with van der Waals surface area (Å²) < 4.78 is 5.09. The molecule has 0 atom stereocenters. The van der Waals surface area contributed by atoms with Crippen molar-refractivity contribution in [1.82, 2.24) is 0 Å². The molecule has 0 radical (unpaired) electrons. The van der Waals surface area contributed by atoms with Crippen molar-refractivity contribution in [3.8, 4) is 23.7 Å². The molecule has 3 rings (SSSR count). The third-order valence-corrected chi connectivity index (χ3v) is 4.68. The van der Waals surface area contributed by atoms with Gasteiger partial charge in [-0.15, -0.1) is 11.3 Å². The Morgan fingerprint density at radius 3 is 2.41 bits per heavy atom. The lowest BCUT2D eigenvalue weighted by molar-refractivity contribution is 0.104. The SMILES string of the molecule is COc1ccc(C(=O)C(C#N)=Cc2ccc(C#Cc3ccccc3)s2)cc1. The number of carbonyl (C=O) groups is 1. The third kappa shape index (κ3) is 4.73. The van der Waals surface area contributed by atoms with Gasteiger partial charge in [-0.1, -0.05) is 30.0 Å². The Morgan fingerprint density at radius 2 is 1.74 bits per heavy atom. The number of hydrogen-bond donors (Lipinski definition) is 0. The average Bonchev–Trinajstić information content (AvgIpc) is 3.18. The molecule has 0 aliphatic heterocycles. The van der Waals surface area contributed by atoms with Gasteiger partial charge in [0.25, 0.3) is 0 Å². The summed E-state index contributed by atoms with van der Waals surface area (Å²) in [6.07, 6.45) is 1.60. The molecule has 0 bridgehead atoms. The minimum atomic E-state index is -0.314. The van der Waals surface area contributed by atoms with Crippen molar-refractivity contribution in [2.24, 2.45) is 0 Å². The van der Waals surface area contributed by atoms with Gasteiger partial charge in [-0.2, -0.15) is 5.26 Å². The van der Waals surface area contributed by atoms with E-state index in [-0.39, 0.29) is 11.4 Å². The van der Waals surface area contributed by atoms with Gasteiger partial charge in [0, 0.05) is 16.0 Å². The smallest absolute Gasteiger partial charge is 0.203 e. The number of ether oxygens (including phenoxy) is 1. The molecule has 27 heavy (non-hydrogen) atoms. The van der Waals surface area contributed by atoms with Gasteiger partial charge in [-0.25, -0.2) is 0 Å². The van der Waals surface area contributed by atoms with Gasteiger partial charge in [0.05, 0.1) is 12.0 Å². The molecule has 2 aromatic carbocycles. The number of ketones is 1. The second kappa shape index (κ2) is 8.67. The summed E-state index contributed by atoms with van der Waals surface area (Å²) >= 11 is 1.44. The molecule has 0 saturated heterocycles. The number of Topliss-reactive ketones (excluding diaryl/α,β-unsaturated/α-hetero) is 1. The van der Waals surface area contributed by atoms with E-state index >= 15 is 0 Å². The van der Waals surface area contributed by atoms with Gasteiger partial charge >= 0.3 is 0 Å². The fourth-order valence-electron chi connectivity index (χ4n) is 2.34. The minimum absolute atomic E-state index is 0.0876.